The van der Waals surface area contributed by atoms with Gasteiger partial charge in [0.05, 0.1) is 24.3 Å². The van der Waals surface area contributed by atoms with Crippen molar-refractivity contribution in [2.45, 2.75) is 33.2 Å². The first-order valence-electron chi connectivity index (χ1n) is 11.2. The molecule has 1 aliphatic heterocycles. The lowest BCUT2D eigenvalue weighted by atomic mass is 10.1. The highest BCUT2D eigenvalue weighted by Gasteiger charge is 2.43. The van der Waals surface area contributed by atoms with E-state index < -0.39 is 12.0 Å². The lowest BCUT2D eigenvalue weighted by Crippen LogP contribution is -2.42. The molecule has 0 aromatic heterocycles. The summed E-state index contributed by atoms with van der Waals surface area (Å²) in [6.45, 7) is 5.90. The highest BCUT2D eigenvalue weighted by molar-refractivity contribution is 7.80. The number of ether oxygens (including phenoxy) is 1. The molecule has 0 unspecified atom stereocenters. The fraction of sp³-hybridized carbons (Fsp3) is 0.320. The fourth-order valence-corrected chi connectivity index (χ4v) is 4.08. The van der Waals surface area contributed by atoms with Crippen LogP contribution >= 0.6 is 12.2 Å². The predicted molar refractivity (Wildman–Crippen MR) is 136 cm³/mol. The number of esters is 1. The molecular weight excluding hydrogens is 468 g/mol. The lowest BCUT2D eigenvalue weighted by Gasteiger charge is -2.24. The van der Waals surface area contributed by atoms with Crippen LogP contribution in [0.25, 0.3) is 0 Å². The van der Waals surface area contributed by atoms with Gasteiger partial charge in [-0.25, -0.2) is 4.79 Å². The Kier molecular flexibility index (Phi) is 8.53. The Morgan fingerprint density at radius 1 is 1.06 bits per heavy atom. The molecule has 0 aliphatic carbocycles. The molecule has 1 aliphatic rings. The zero-order valence-electron chi connectivity index (χ0n) is 19.9. The second-order valence-corrected chi connectivity index (χ2v) is 8.40. The van der Waals surface area contributed by atoms with Crippen molar-refractivity contribution in [1.29, 1.82) is 0 Å². The zero-order valence-corrected chi connectivity index (χ0v) is 20.7. The molecule has 3 rings (SSSR count). The standard InChI is InChI=1S/C25H28N4O5S/c1-4-34-24(33)18-7-9-19(10-8-18)27-22(31)15-21-23(32)29(20-11-5-16(2)6-12-20)25(35)28(21)14-13-26-17(3)30/h5-12,21H,4,13-15H2,1-3H3,(H,26,30)(H,27,31)/t21-/m0/s1. The number of hydrogen-bond acceptors (Lipinski definition) is 6. The highest BCUT2D eigenvalue weighted by Crippen LogP contribution is 2.27. The lowest BCUT2D eigenvalue weighted by molar-refractivity contribution is -0.124. The Bertz CT molecular complexity index is 1120. The molecule has 1 fully saturated rings. The van der Waals surface area contributed by atoms with Gasteiger partial charge in [-0.1, -0.05) is 17.7 Å². The molecule has 9 nitrogen and oxygen atoms in total. The van der Waals surface area contributed by atoms with Crippen molar-refractivity contribution >= 4 is 52.4 Å². The summed E-state index contributed by atoms with van der Waals surface area (Å²) in [5, 5.41) is 5.73. The summed E-state index contributed by atoms with van der Waals surface area (Å²) in [5.41, 5.74) is 2.52. The second kappa shape index (κ2) is 11.6. The monoisotopic (exact) mass is 496 g/mol. The van der Waals surface area contributed by atoms with Crippen LogP contribution in [0.3, 0.4) is 0 Å². The first-order chi connectivity index (χ1) is 16.7. The molecule has 0 spiro atoms. The quantitative estimate of drug-likeness (QED) is 0.406. The van der Waals surface area contributed by atoms with Crippen LogP contribution in [-0.4, -0.2) is 59.4 Å². The number of thiocarbonyl (C=S) groups is 1. The predicted octanol–water partition coefficient (Wildman–Crippen LogP) is 2.64. The van der Waals surface area contributed by atoms with E-state index >= 15 is 0 Å². The summed E-state index contributed by atoms with van der Waals surface area (Å²) in [6.07, 6.45) is -0.138. The minimum absolute atomic E-state index is 0.138. The molecule has 2 aromatic rings. The van der Waals surface area contributed by atoms with E-state index in [1.165, 1.54) is 11.8 Å². The van der Waals surface area contributed by atoms with E-state index in [1.54, 1.807) is 48.2 Å². The van der Waals surface area contributed by atoms with Crippen LogP contribution in [0.5, 0.6) is 0 Å². The van der Waals surface area contributed by atoms with Gasteiger partial charge in [0.2, 0.25) is 11.8 Å². The molecule has 3 amide bonds. The highest BCUT2D eigenvalue weighted by atomic mass is 32.1. The maximum absolute atomic E-state index is 13.4. The van der Waals surface area contributed by atoms with Gasteiger partial charge in [-0.05, 0) is 62.5 Å². The van der Waals surface area contributed by atoms with E-state index in [9.17, 15) is 19.2 Å². The number of carbonyl (C=O) groups is 4. The molecule has 1 saturated heterocycles. The van der Waals surface area contributed by atoms with Gasteiger partial charge in [0.1, 0.15) is 6.04 Å². The van der Waals surface area contributed by atoms with E-state index in [0.29, 0.717) is 16.9 Å². The van der Waals surface area contributed by atoms with Gasteiger partial charge in [-0.3, -0.25) is 19.3 Å². The molecule has 184 valence electrons. The average molecular weight is 497 g/mol. The molecular formula is C25H28N4O5S. The Hall–Kier alpha value is -3.79. The van der Waals surface area contributed by atoms with Gasteiger partial charge in [0.15, 0.2) is 5.11 Å². The number of aryl methyl sites for hydroxylation is 1. The summed E-state index contributed by atoms with van der Waals surface area (Å²) in [7, 11) is 0. The number of anilines is 2. The van der Waals surface area contributed by atoms with Crippen molar-refractivity contribution in [3.05, 3.63) is 59.7 Å². The van der Waals surface area contributed by atoms with E-state index in [0.717, 1.165) is 5.56 Å². The Labute approximate surface area is 209 Å². The number of carbonyl (C=O) groups excluding carboxylic acids is 4. The van der Waals surface area contributed by atoms with Crippen molar-refractivity contribution < 1.29 is 23.9 Å². The molecule has 35 heavy (non-hydrogen) atoms. The normalized spacial score (nSPS) is 15.2. The Balaban J connectivity index is 1.74. The van der Waals surface area contributed by atoms with E-state index in [4.69, 9.17) is 17.0 Å². The van der Waals surface area contributed by atoms with Crippen LogP contribution in [0, 0.1) is 6.92 Å². The number of nitrogens with one attached hydrogen (secondary N) is 2. The third kappa shape index (κ3) is 6.42. The van der Waals surface area contributed by atoms with Crippen LogP contribution in [0.1, 0.15) is 36.2 Å². The van der Waals surface area contributed by atoms with Crippen LogP contribution in [-0.2, 0) is 19.1 Å². The molecule has 1 heterocycles. The molecule has 2 aromatic carbocycles. The maximum atomic E-state index is 13.4. The smallest absolute Gasteiger partial charge is 0.338 e. The van der Waals surface area contributed by atoms with Gasteiger partial charge in [0.25, 0.3) is 5.91 Å². The van der Waals surface area contributed by atoms with Crippen molar-refractivity contribution in [1.82, 2.24) is 10.2 Å². The van der Waals surface area contributed by atoms with Crippen LogP contribution < -0.4 is 15.5 Å². The van der Waals surface area contributed by atoms with E-state index in [-0.39, 0.29) is 49.0 Å². The Morgan fingerprint density at radius 3 is 2.31 bits per heavy atom. The van der Waals surface area contributed by atoms with E-state index in [1.807, 2.05) is 19.1 Å². The van der Waals surface area contributed by atoms with Gasteiger partial charge < -0.3 is 20.3 Å². The molecule has 0 bridgehead atoms. The molecule has 2 N–H and O–H groups in total. The van der Waals surface area contributed by atoms with Crippen molar-refractivity contribution in [2.75, 3.05) is 29.9 Å². The third-order valence-electron chi connectivity index (χ3n) is 5.40. The Morgan fingerprint density at radius 2 is 1.71 bits per heavy atom. The number of nitrogens with zero attached hydrogens (tertiary/aromatic N) is 2. The van der Waals surface area contributed by atoms with Crippen molar-refractivity contribution in [2.24, 2.45) is 0 Å². The number of benzene rings is 2. The van der Waals surface area contributed by atoms with Gasteiger partial charge in [-0.2, -0.15) is 0 Å². The average Bonchev–Trinajstić information content (AvgIpc) is 3.04. The van der Waals surface area contributed by atoms with Crippen LogP contribution in [0.4, 0.5) is 11.4 Å². The molecule has 10 heteroatoms. The first kappa shape index (κ1) is 25.8. The summed E-state index contributed by atoms with van der Waals surface area (Å²) in [6, 6.07) is 12.9. The minimum atomic E-state index is -0.823. The first-order valence-corrected chi connectivity index (χ1v) is 11.6. The maximum Gasteiger partial charge on any atom is 0.338 e. The fourth-order valence-electron chi connectivity index (χ4n) is 3.66. The van der Waals surface area contributed by atoms with E-state index in [2.05, 4.69) is 10.6 Å². The molecule has 0 radical (unpaired) electrons. The van der Waals surface area contributed by atoms with Crippen molar-refractivity contribution in [3.63, 3.8) is 0 Å². The minimum Gasteiger partial charge on any atom is -0.462 e. The molecule has 1 atom stereocenters. The second-order valence-electron chi connectivity index (χ2n) is 8.03. The number of hydrogen-bond donors (Lipinski definition) is 2. The summed E-state index contributed by atoms with van der Waals surface area (Å²) in [4.78, 5) is 52.4. The van der Waals surface area contributed by atoms with Crippen molar-refractivity contribution in [3.8, 4) is 0 Å². The number of amides is 3. The summed E-state index contributed by atoms with van der Waals surface area (Å²) >= 11 is 5.60. The van der Waals surface area contributed by atoms with Gasteiger partial charge in [0, 0.05) is 25.7 Å². The van der Waals surface area contributed by atoms with Crippen LogP contribution in [0.15, 0.2) is 48.5 Å². The van der Waals surface area contributed by atoms with Crippen LogP contribution in [0.2, 0.25) is 0 Å². The largest absolute Gasteiger partial charge is 0.462 e. The topological polar surface area (TPSA) is 108 Å². The molecule has 0 saturated carbocycles. The summed E-state index contributed by atoms with van der Waals surface area (Å²) in [5.74, 6) is -1.33. The summed E-state index contributed by atoms with van der Waals surface area (Å²) < 4.78 is 4.96. The number of rotatable bonds is 9. The zero-order chi connectivity index (χ0) is 25.5. The SMILES string of the molecule is CCOC(=O)c1ccc(NC(=O)C[C@H]2C(=O)N(c3ccc(C)cc3)C(=S)N2CCNC(C)=O)cc1. The van der Waals surface area contributed by atoms with Gasteiger partial charge in [-0.15, -0.1) is 0 Å². The van der Waals surface area contributed by atoms with Gasteiger partial charge >= 0.3 is 5.97 Å². The third-order valence-corrected chi connectivity index (χ3v) is 5.81.